The first-order valence-corrected chi connectivity index (χ1v) is 9.52. The number of aryl methyl sites for hydroxylation is 1. The Bertz CT molecular complexity index is 943. The van der Waals surface area contributed by atoms with Gasteiger partial charge in [-0.15, -0.1) is 0 Å². The molecule has 0 aliphatic rings. The third-order valence-corrected chi connectivity index (χ3v) is 4.78. The van der Waals surface area contributed by atoms with Crippen LogP contribution in [0.5, 0.6) is 0 Å². The van der Waals surface area contributed by atoms with E-state index in [0.29, 0.717) is 0 Å². The van der Waals surface area contributed by atoms with E-state index in [9.17, 15) is 9.59 Å². The summed E-state index contributed by atoms with van der Waals surface area (Å²) < 4.78 is 10.5. The Balaban J connectivity index is 2.21. The number of rotatable bonds is 7. The fourth-order valence-corrected chi connectivity index (χ4v) is 3.56. The van der Waals surface area contributed by atoms with E-state index in [1.165, 1.54) is 0 Å². The Labute approximate surface area is 164 Å². The first-order chi connectivity index (χ1) is 13.6. The van der Waals surface area contributed by atoms with E-state index in [1.54, 1.807) is 13.8 Å². The van der Waals surface area contributed by atoms with Crippen LogP contribution in [0.1, 0.15) is 36.5 Å². The molecule has 0 radical (unpaired) electrons. The van der Waals surface area contributed by atoms with Crippen molar-refractivity contribution in [2.75, 3.05) is 13.2 Å². The number of hydrogen-bond donors (Lipinski definition) is 1. The van der Waals surface area contributed by atoms with Gasteiger partial charge >= 0.3 is 11.9 Å². The molecule has 0 aliphatic carbocycles. The lowest BCUT2D eigenvalue weighted by Crippen LogP contribution is -2.34. The van der Waals surface area contributed by atoms with E-state index in [1.807, 2.05) is 55.6 Å². The van der Waals surface area contributed by atoms with E-state index in [0.717, 1.165) is 27.6 Å². The summed E-state index contributed by atoms with van der Waals surface area (Å²) in [6.07, 6.45) is 1.87. The normalized spacial score (nSPS) is 12.1. The van der Waals surface area contributed by atoms with Crippen LogP contribution in [0.15, 0.2) is 54.7 Å². The standard InChI is InChI=1S/C23H25NO4/c1-4-27-22(25)21(23(26)28-5-2)20(16-9-7-6-8-10-16)18-14-24-19-12-11-15(3)13-17(18)19/h6-14,20-21,24H,4-5H2,1-3H3/t20-/m1/s1. The van der Waals surface area contributed by atoms with Crippen molar-refractivity contribution in [1.29, 1.82) is 0 Å². The van der Waals surface area contributed by atoms with Gasteiger partial charge in [-0.05, 0) is 44.0 Å². The van der Waals surface area contributed by atoms with E-state index >= 15 is 0 Å². The number of aromatic nitrogens is 1. The van der Waals surface area contributed by atoms with Crippen LogP contribution in [0.2, 0.25) is 0 Å². The number of aromatic amines is 1. The zero-order chi connectivity index (χ0) is 20.1. The highest BCUT2D eigenvalue weighted by Gasteiger charge is 2.40. The maximum Gasteiger partial charge on any atom is 0.321 e. The molecule has 0 spiro atoms. The van der Waals surface area contributed by atoms with Crippen molar-refractivity contribution in [3.63, 3.8) is 0 Å². The smallest absolute Gasteiger partial charge is 0.321 e. The molecular formula is C23H25NO4. The lowest BCUT2D eigenvalue weighted by molar-refractivity contribution is -0.162. The molecule has 3 aromatic rings. The quantitative estimate of drug-likeness (QED) is 0.489. The van der Waals surface area contributed by atoms with E-state index < -0.39 is 23.8 Å². The van der Waals surface area contributed by atoms with Crippen LogP contribution in [0.3, 0.4) is 0 Å². The molecule has 146 valence electrons. The predicted octanol–water partition coefficient (Wildman–Crippen LogP) is 4.35. The first kappa shape index (κ1) is 19.7. The minimum Gasteiger partial charge on any atom is -0.465 e. The topological polar surface area (TPSA) is 68.4 Å². The van der Waals surface area contributed by atoms with Gasteiger partial charge in [0.15, 0.2) is 5.92 Å². The summed E-state index contributed by atoms with van der Waals surface area (Å²) in [7, 11) is 0. The number of nitrogens with one attached hydrogen (secondary N) is 1. The maximum atomic E-state index is 12.8. The van der Waals surface area contributed by atoms with Gasteiger partial charge in [0, 0.05) is 23.0 Å². The van der Waals surface area contributed by atoms with E-state index in [4.69, 9.17) is 9.47 Å². The third-order valence-electron chi connectivity index (χ3n) is 4.78. The fraction of sp³-hybridized carbons (Fsp3) is 0.304. The number of H-pyrrole nitrogens is 1. The van der Waals surface area contributed by atoms with Gasteiger partial charge in [0.2, 0.25) is 0 Å². The van der Waals surface area contributed by atoms with Gasteiger partial charge in [-0.1, -0.05) is 42.0 Å². The highest BCUT2D eigenvalue weighted by atomic mass is 16.6. The fourth-order valence-electron chi connectivity index (χ4n) is 3.56. The lowest BCUT2D eigenvalue weighted by Gasteiger charge is -2.24. The van der Waals surface area contributed by atoms with Crippen molar-refractivity contribution in [3.05, 3.63) is 71.4 Å². The van der Waals surface area contributed by atoms with Gasteiger partial charge in [0.05, 0.1) is 13.2 Å². The third kappa shape index (κ3) is 3.93. The molecule has 1 heterocycles. The van der Waals surface area contributed by atoms with Crippen LogP contribution in [-0.2, 0) is 19.1 Å². The van der Waals surface area contributed by atoms with Gasteiger partial charge in [-0.25, -0.2) is 0 Å². The summed E-state index contributed by atoms with van der Waals surface area (Å²) in [6.45, 7) is 5.87. The summed E-state index contributed by atoms with van der Waals surface area (Å²) in [6, 6.07) is 15.6. The largest absolute Gasteiger partial charge is 0.465 e. The Morgan fingerprint density at radius 1 is 0.964 bits per heavy atom. The van der Waals surface area contributed by atoms with Gasteiger partial charge in [-0.3, -0.25) is 9.59 Å². The minimum absolute atomic E-state index is 0.198. The van der Waals surface area contributed by atoms with Crippen LogP contribution in [0.4, 0.5) is 0 Å². The molecule has 0 bridgehead atoms. The van der Waals surface area contributed by atoms with E-state index in [-0.39, 0.29) is 13.2 Å². The van der Waals surface area contributed by atoms with Crippen LogP contribution >= 0.6 is 0 Å². The van der Waals surface area contributed by atoms with Crippen molar-refractivity contribution in [1.82, 2.24) is 4.98 Å². The Hall–Kier alpha value is -3.08. The molecule has 1 N–H and O–H groups in total. The number of esters is 2. The molecule has 5 nitrogen and oxygen atoms in total. The first-order valence-electron chi connectivity index (χ1n) is 9.52. The second-order valence-corrected chi connectivity index (χ2v) is 6.66. The second-order valence-electron chi connectivity index (χ2n) is 6.66. The van der Waals surface area contributed by atoms with Crippen molar-refractivity contribution >= 4 is 22.8 Å². The molecule has 3 rings (SSSR count). The average molecular weight is 379 g/mol. The molecule has 1 atom stereocenters. The molecule has 0 amide bonds. The summed E-state index contributed by atoms with van der Waals surface area (Å²) in [5.41, 5.74) is 3.78. The minimum atomic E-state index is -1.08. The highest BCUT2D eigenvalue weighted by Crippen LogP contribution is 2.38. The summed E-state index contributed by atoms with van der Waals surface area (Å²) in [4.78, 5) is 28.9. The van der Waals surface area contributed by atoms with Crippen molar-refractivity contribution in [2.45, 2.75) is 26.7 Å². The number of benzene rings is 2. The summed E-state index contributed by atoms with van der Waals surface area (Å²) >= 11 is 0. The Kier molecular flexibility index (Phi) is 6.14. The summed E-state index contributed by atoms with van der Waals surface area (Å²) in [5, 5.41) is 0.979. The lowest BCUT2D eigenvalue weighted by atomic mass is 9.80. The highest BCUT2D eigenvalue weighted by molar-refractivity contribution is 5.98. The van der Waals surface area contributed by atoms with Crippen molar-refractivity contribution in [3.8, 4) is 0 Å². The zero-order valence-electron chi connectivity index (χ0n) is 16.4. The Morgan fingerprint density at radius 2 is 1.61 bits per heavy atom. The van der Waals surface area contributed by atoms with Gasteiger partial charge < -0.3 is 14.5 Å². The van der Waals surface area contributed by atoms with Gasteiger partial charge in [-0.2, -0.15) is 0 Å². The molecule has 1 aromatic heterocycles. The Morgan fingerprint density at radius 3 is 2.21 bits per heavy atom. The number of carbonyl (C=O) groups excluding carboxylic acids is 2. The monoisotopic (exact) mass is 379 g/mol. The van der Waals surface area contributed by atoms with Crippen molar-refractivity contribution < 1.29 is 19.1 Å². The van der Waals surface area contributed by atoms with E-state index in [2.05, 4.69) is 11.1 Å². The number of hydrogen-bond acceptors (Lipinski definition) is 4. The molecule has 2 aromatic carbocycles. The molecule has 5 heteroatoms. The van der Waals surface area contributed by atoms with Crippen molar-refractivity contribution in [2.24, 2.45) is 5.92 Å². The van der Waals surface area contributed by atoms with Crippen LogP contribution < -0.4 is 0 Å². The van der Waals surface area contributed by atoms with Crippen LogP contribution in [0.25, 0.3) is 10.9 Å². The van der Waals surface area contributed by atoms with Crippen LogP contribution in [0, 0.1) is 12.8 Å². The number of ether oxygens (including phenoxy) is 2. The van der Waals surface area contributed by atoms with Gasteiger partial charge in [0.25, 0.3) is 0 Å². The molecule has 0 fully saturated rings. The molecule has 0 saturated carbocycles. The number of fused-ring (bicyclic) bond motifs is 1. The molecule has 28 heavy (non-hydrogen) atoms. The summed E-state index contributed by atoms with van der Waals surface area (Å²) in [5.74, 6) is -2.75. The molecule has 0 unspecified atom stereocenters. The molecular weight excluding hydrogens is 354 g/mol. The second kappa shape index (κ2) is 8.74. The molecule has 0 saturated heterocycles. The average Bonchev–Trinajstić information content (AvgIpc) is 3.09. The predicted molar refractivity (Wildman–Crippen MR) is 108 cm³/mol. The number of carbonyl (C=O) groups is 2. The molecule has 0 aliphatic heterocycles. The van der Waals surface area contributed by atoms with Gasteiger partial charge in [0.1, 0.15) is 0 Å². The SMILES string of the molecule is CCOC(=O)C(C(=O)OCC)[C@H](c1ccccc1)c1c[nH]c2ccc(C)cc12. The van der Waals surface area contributed by atoms with Crippen LogP contribution in [-0.4, -0.2) is 30.1 Å². The zero-order valence-corrected chi connectivity index (χ0v) is 16.4. The maximum absolute atomic E-state index is 12.8.